The van der Waals surface area contributed by atoms with E-state index < -0.39 is 10.0 Å². The van der Waals surface area contributed by atoms with Gasteiger partial charge in [-0.3, -0.25) is 9.97 Å². The van der Waals surface area contributed by atoms with E-state index in [9.17, 15) is 8.42 Å². The fraction of sp³-hybridized carbons (Fsp3) is 0.154. The predicted octanol–water partition coefficient (Wildman–Crippen LogP) is 1.82. The third-order valence-corrected chi connectivity index (χ3v) is 4.85. The molecule has 0 aliphatic rings. The van der Waals surface area contributed by atoms with E-state index in [0.717, 1.165) is 4.31 Å². The van der Waals surface area contributed by atoms with Gasteiger partial charge >= 0.3 is 0 Å². The molecule has 0 unspecified atom stereocenters. The highest BCUT2D eigenvalue weighted by Crippen LogP contribution is 2.23. The first-order chi connectivity index (χ1) is 9.95. The van der Waals surface area contributed by atoms with Gasteiger partial charge in [0.1, 0.15) is 11.0 Å². The third-order valence-electron chi connectivity index (χ3n) is 2.75. The molecule has 0 N–H and O–H groups in total. The minimum Gasteiger partial charge on any atom is -0.261 e. The van der Waals surface area contributed by atoms with Gasteiger partial charge in [0.15, 0.2) is 0 Å². The molecular weight excluding hydrogens is 312 g/mol. The number of halogens is 1. The van der Waals surface area contributed by atoms with E-state index in [1.807, 2.05) is 6.07 Å². The highest BCUT2D eigenvalue weighted by Gasteiger charge is 2.24. The van der Waals surface area contributed by atoms with Gasteiger partial charge in [0.05, 0.1) is 17.8 Å². The Kier molecular flexibility index (Phi) is 4.53. The second kappa shape index (κ2) is 6.18. The van der Waals surface area contributed by atoms with Crippen molar-refractivity contribution in [3.63, 3.8) is 0 Å². The molecule has 2 aromatic rings. The van der Waals surface area contributed by atoms with Gasteiger partial charge in [-0.05, 0) is 18.2 Å². The minimum atomic E-state index is -3.81. The van der Waals surface area contributed by atoms with Crippen LogP contribution in [-0.2, 0) is 16.6 Å². The van der Waals surface area contributed by atoms with Gasteiger partial charge in [0, 0.05) is 30.7 Å². The van der Waals surface area contributed by atoms with Crippen molar-refractivity contribution in [2.45, 2.75) is 11.4 Å². The summed E-state index contributed by atoms with van der Waals surface area (Å²) in [5.74, 6) is 0. The van der Waals surface area contributed by atoms with Crippen molar-refractivity contribution in [1.29, 1.82) is 5.26 Å². The van der Waals surface area contributed by atoms with Crippen molar-refractivity contribution >= 4 is 21.6 Å². The number of aromatic nitrogens is 2. The summed E-state index contributed by atoms with van der Waals surface area (Å²) in [6.07, 6.45) is 4.48. The van der Waals surface area contributed by atoms with Gasteiger partial charge in [-0.25, -0.2) is 8.42 Å². The van der Waals surface area contributed by atoms with Crippen LogP contribution < -0.4 is 0 Å². The summed E-state index contributed by atoms with van der Waals surface area (Å²) in [7, 11) is -2.40. The van der Waals surface area contributed by atoms with Gasteiger partial charge in [0.2, 0.25) is 10.0 Å². The Morgan fingerprint density at radius 1 is 1.38 bits per heavy atom. The molecule has 0 atom stereocenters. The Hall–Kier alpha value is -2.01. The number of sulfonamides is 1. The van der Waals surface area contributed by atoms with Crippen LogP contribution in [0.1, 0.15) is 11.3 Å². The minimum absolute atomic E-state index is 0.00787. The zero-order valence-corrected chi connectivity index (χ0v) is 12.6. The lowest BCUT2D eigenvalue weighted by molar-refractivity contribution is 0.461. The molecule has 0 saturated carbocycles. The molecular formula is C13H11ClN4O2S. The molecule has 0 amide bonds. The van der Waals surface area contributed by atoms with Gasteiger partial charge in [-0.2, -0.15) is 9.57 Å². The Morgan fingerprint density at radius 2 is 2.14 bits per heavy atom. The van der Waals surface area contributed by atoms with Crippen LogP contribution in [0.3, 0.4) is 0 Å². The molecule has 8 heteroatoms. The van der Waals surface area contributed by atoms with Gasteiger partial charge in [0.25, 0.3) is 0 Å². The average molecular weight is 323 g/mol. The van der Waals surface area contributed by atoms with Crippen molar-refractivity contribution in [1.82, 2.24) is 14.3 Å². The molecule has 1 aromatic carbocycles. The first-order valence-corrected chi connectivity index (χ1v) is 7.68. The molecule has 108 valence electrons. The maximum atomic E-state index is 12.5. The summed E-state index contributed by atoms with van der Waals surface area (Å²) in [6.45, 7) is 0.0592. The second-order valence-electron chi connectivity index (χ2n) is 4.21. The van der Waals surface area contributed by atoms with Crippen molar-refractivity contribution in [3.8, 4) is 6.07 Å². The molecule has 0 spiro atoms. The highest BCUT2D eigenvalue weighted by atomic mass is 35.5. The molecule has 6 nitrogen and oxygen atoms in total. The Bertz CT molecular complexity index is 788. The van der Waals surface area contributed by atoms with E-state index in [1.54, 1.807) is 0 Å². The third kappa shape index (κ3) is 3.36. The number of benzene rings is 1. The average Bonchev–Trinajstić information content (AvgIpc) is 2.47. The maximum absolute atomic E-state index is 12.5. The number of nitriles is 1. The standard InChI is InChI=1S/C13H11ClN4O2S/c1-18(9-12-8-16-4-5-17-12)21(19,20)13-3-2-11(14)6-10(13)7-15/h2-6,8H,9H2,1H3. The Labute approximate surface area is 127 Å². The monoisotopic (exact) mass is 322 g/mol. The summed E-state index contributed by atoms with van der Waals surface area (Å²) in [4.78, 5) is 7.83. The summed E-state index contributed by atoms with van der Waals surface area (Å²) in [5.41, 5.74) is 0.518. The topological polar surface area (TPSA) is 87.0 Å². The molecule has 0 aliphatic heterocycles. The highest BCUT2D eigenvalue weighted by molar-refractivity contribution is 7.89. The van der Waals surface area contributed by atoms with Crippen LogP contribution in [0.4, 0.5) is 0 Å². The van der Waals surface area contributed by atoms with Crippen LogP contribution in [0.5, 0.6) is 0 Å². The lowest BCUT2D eigenvalue weighted by Crippen LogP contribution is -2.27. The van der Waals surface area contributed by atoms with Crippen molar-refractivity contribution < 1.29 is 8.42 Å². The quantitative estimate of drug-likeness (QED) is 0.857. The molecule has 0 fully saturated rings. The van der Waals surface area contributed by atoms with Crippen LogP contribution in [0.15, 0.2) is 41.7 Å². The largest absolute Gasteiger partial charge is 0.261 e. The van der Waals surface area contributed by atoms with Crippen molar-refractivity contribution in [2.24, 2.45) is 0 Å². The van der Waals surface area contributed by atoms with Crippen LogP contribution in [0.2, 0.25) is 5.02 Å². The zero-order chi connectivity index (χ0) is 15.5. The van der Waals surface area contributed by atoms with Crippen LogP contribution in [-0.4, -0.2) is 29.7 Å². The molecule has 0 aliphatic carbocycles. The van der Waals surface area contributed by atoms with Crippen LogP contribution >= 0.6 is 11.6 Å². The Balaban J connectivity index is 2.36. The lowest BCUT2D eigenvalue weighted by Gasteiger charge is -2.17. The SMILES string of the molecule is CN(Cc1cnccn1)S(=O)(=O)c1ccc(Cl)cc1C#N. The van der Waals surface area contributed by atoms with E-state index in [0.29, 0.717) is 10.7 Å². The second-order valence-corrected chi connectivity index (χ2v) is 6.66. The number of rotatable bonds is 4. The van der Waals surface area contributed by atoms with Gasteiger partial charge in [-0.1, -0.05) is 11.6 Å². The molecule has 1 aromatic heterocycles. The smallest absolute Gasteiger partial charge is 0.244 e. The van der Waals surface area contributed by atoms with E-state index in [-0.39, 0.29) is 17.0 Å². The molecule has 21 heavy (non-hydrogen) atoms. The maximum Gasteiger partial charge on any atom is 0.244 e. The molecule has 0 bridgehead atoms. The fourth-order valence-corrected chi connectivity index (χ4v) is 3.14. The predicted molar refractivity (Wildman–Crippen MR) is 76.9 cm³/mol. The number of hydrogen-bond acceptors (Lipinski definition) is 5. The normalized spacial score (nSPS) is 11.3. The van der Waals surface area contributed by atoms with Crippen molar-refractivity contribution in [2.75, 3.05) is 7.05 Å². The fourth-order valence-electron chi connectivity index (χ4n) is 1.71. The molecule has 2 rings (SSSR count). The van der Waals surface area contributed by atoms with Crippen LogP contribution in [0, 0.1) is 11.3 Å². The lowest BCUT2D eigenvalue weighted by atomic mass is 10.2. The van der Waals surface area contributed by atoms with E-state index in [2.05, 4.69) is 9.97 Å². The van der Waals surface area contributed by atoms with Crippen molar-refractivity contribution in [3.05, 3.63) is 53.1 Å². The van der Waals surface area contributed by atoms with Gasteiger partial charge < -0.3 is 0 Å². The molecule has 1 heterocycles. The van der Waals surface area contributed by atoms with E-state index >= 15 is 0 Å². The summed E-state index contributed by atoms with van der Waals surface area (Å²) < 4.78 is 26.1. The number of hydrogen-bond donors (Lipinski definition) is 0. The Morgan fingerprint density at radius 3 is 2.76 bits per heavy atom. The summed E-state index contributed by atoms with van der Waals surface area (Å²) in [6, 6.07) is 5.93. The first kappa shape index (κ1) is 15.4. The summed E-state index contributed by atoms with van der Waals surface area (Å²) >= 11 is 5.78. The first-order valence-electron chi connectivity index (χ1n) is 5.86. The van der Waals surface area contributed by atoms with Crippen LogP contribution in [0.25, 0.3) is 0 Å². The van der Waals surface area contributed by atoms with E-state index in [1.165, 1.54) is 43.8 Å². The van der Waals surface area contributed by atoms with Gasteiger partial charge in [-0.15, -0.1) is 0 Å². The molecule has 0 saturated heterocycles. The summed E-state index contributed by atoms with van der Waals surface area (Å²) in [5, 5.41) is 9.37. The molecule has 0 radical (unpaired) electrons. The van der Waals surface area contributed by atoms with E-state index in [4.69, 9.17) is 16.9 Å². The number of nitrogens with zero attached hydrogens (tertiary/aromatic N) is 4. The zero-order valence-electron chi connectivity index (χ0n) is 11.1.